The minimum absolute atomic E-state index is 0.0773. The summed E-state index contributed by atoms with van der Waals surface area (Å²) in [5.74, 6) is -0.872. The first-order valence-electron chi connectivity index (χ1n) is 34.7. The molecule has 0 aromatic carbocycles. The minimum atomic E-state index is -0.782. The Labute approximate surface area is 502 Å². The zero-order valence-corrected chi connectivity index (χ0v) is 53.5. The summed E-state index contributed by atoms with van der Waals surface area (Å²) in [7, 11) is 0. The van der Waals surface area contributed by atoms with Crippen LogP contribution >= 0.6 is 0 Å². The van der Waals surface area contributed by atoms with Crippen molar-refractivity contribution in [1.29, 1.82) is 0 Å². The van der Waals surface area contributed by atoms with E-state index in [4.69, 9.17) is 14.2 Å². The van der Waals surface area contributed by atoms with Crippen LogP contribution in [0.5, 0.6) is 0 Å². The van der Waals surface area contributed by atoms with Crippen LogP contribution < -0.4 is 0 Å². The third-order valence-electron chi connectivity index (χ3n) is 15.1. The Balaban J connectivity index is 4.25. The number of hydrogen-bond donors (Lipinski definition) is 0. The topological polar surface area (TPSA) is 78.9 Å². The second-order valence-electron chi connectivity index (χ2n) is 23.1. The van der Waals surface area contributed by atoms with Gasteiger partial charge in [0.1, 0.15) is 13.2 Å². The summed E-state index contributed by atoms with van der Waals surface area (Å²) >= 11 is 0. The number of unbranched alkanes of at least 4 members (excludes halogenated alkanes) is 36. The van der Waals surface area contributed by atoms with E-state index in [0.29, 0.717) is 19.3 Å². The van der Waals surface area contributed by atoms with E-state index in [-0.39, 0.29) is 31.1 Å². The van der Waals surface area contributed by atoms with Crippen LogP contribution in [-0.2, 0) is 28.6 Å². The molecule has 0 aliphatic heterocycles. The first-order valence-corrected chi connectivity index (χ1v) is 34.7. The predicted molar refractivity (Wildman–Crippen MR) is 353 cm³/mol. The average molecular weight is 1130 g/mol. The molecule has 0 N–H and O–H groups in total. The number of ether oxygens (including phenoxy) is 3. The summed E-state index contributed by atoms with van der Waals surface area (Å²) in [6.45, 7) is 6.54. The molecule has 0 amide bonds. The molecule has 0 rings (SSSR count). The molecule has 0 spiro atoms. The minimum Gasteiger partial charge on any atom is -0.462 e. The normalized spacial score (nSPS) is 12.7. The lowest BCUT2D eigenvalue weighted by Gasteiger charge is -2.18. The maximum absolute atomic E-state index is 12.9. The lowest BCUT2D eigenvalue weighted by atomic mass is 10.0. The van der Waals surface area contributed by atoms with Gasteiger partial charge in [-0.15, -0.1) is 0 Å². The number of esters is 3. The molecule has 0 aromatic heterocycles. The molecule has 6 nitrogen and oxygen atoms in total. The van der Waals surface area contributed by atoms with Gasteiger partial charge in [0, 0.05) is 19.3 Å². The molecule has 1 unspecified atom stereocenters. The Hall–Kier alpha value is -3.67. The van der Waals surface area contributed by atoms with Crippen LogP contribution in [0.1, 0.15) is 342 Å². The SMILES string of the molecule is CC/C=C\C/C=C\C/C=C\C/C=C\C/C=C\CCCCCCCCCCCC(=O)OC(COC(=O)CCCCCCCCCCCCC)COC(=O)CCCCCCCCCCCCCC/C=C\C/C=C\C/C=C\CCCCCCC. The molecular formula is C75H130O6. The second-order valence-corrected chi connectivity index (χ2v) is 23.1. The zero-order valence-electron chi connectivity index (χ0n) is 53.5. The Kier molecular flexibility index (Phi) is 65.7. The quantitative estimate of drug-likeness (QED) is 0.0261. The number of carbonyl (C=O) groups is 3. The van der Waals surface area contributed by atoms with Gasteiger partial charge in [0.15, 0.2) is 6.10 Å². The molecule has 0 radical (unpaired) electrons. The summed E-state index contributed by atoms with van der Waals surface area (Å²) in [5.41, 5.74) is 0. The van der Waals surface area contributed by atoms with Crippen molar-refractivity contribution in [1.82, 2.24) is 0 Å². The molecule has 1 atom stereocenters. The number of allylic oxidation sites excluding steroid dienone is 16. The highest BCUT2D eigenvalue weighted by Crippen LogP contribution is 2.17. The molecular weight excluding hydrogens is 997 g/mol. The van der Waals surface area contributed by atoms with Gasteiger partial charge < -0.3 is 14.2 Å². The van der Waals surface area contributed by atoms with Gasteiger partial charge in [0.25, 0.3) is 0 Å². The van der Waals surface area contributed by atoms with Gasteiger partial charge in [-0.2, -0.15) is 0 Å². The van der Waals surface area contributed by atoms with E-state index in [1.165, 1.54) is 193 Å². The second kappa shape index (κ2) is 68.8. The van der Waals surface area contributed by atoms with E-state index < -0.39 is 6.10 Å². The van der Waals surface area contributed by atoms with Crippen LogP contribution in [-0.4, -0.2) is 37.2 Å². The number of rotatable bonds is 63. The van der Waals surface area contributed by atoms with Crippen LogP contribution in [0.25, 0.3) is 0 Å². The molecule has 0 saturated carbocycles. The Morgan fingerprint density at radius 3 is 0.753 bits per heavy atom. The highest BCUT2D eigenvalue weighted by atomic mass is 16.6. The zero-order chi connectivity index (χ0) is 58.5. The van der Waals surface area contributed by atoms with Gasteiger partial charge in [-0.25, -0.2) is 0 Å². The molecule has 0 aliphatic carbocycles. The molecule has 466 valence electrons. The van der Waals surface area contributed by atoms with E-state index in [0.717, 1.165) is 109 Å². The summed E-state index contributed by atoms with van der Waals surface area (Å²) in [6.07, 6.45) is 92.8. The molecule has 0 aromatic rings. The monoisotopic (exact) mass is 1130 g/mol. The summed E-state index contributed by atoms with van der Waals surface area (Å²) in [4.78, 5) is 38.4. The lowest BCUT2D eigenvalue weighted by Crippen LogP contribution is -2.30. The summed E-state index contributed by atoms with van der Waals surface area (Å²) in [5, 5.41) is 0. The fourth-order valence-corrected chi connectivity index (χ4v) is 9.89. The fourth-order valence-electron chi connectivity index (χ4n) is 9.89. The summed E-state index contributed by atoms with van der Waals surface area (Å²) in [6, 6.07) is 0. The lowest BCUT2D eigenvalue weighted by molar-refractivity contribution is -0.167. The molecule has 6 heteroatoms. The van der Waals surface area contributed by atoms with Gasteiger partial charge in [0.05, 0.1) is 0 Å². The molecule has 0 fully saturated rings. The van der Waals surface area contributed by atoms with Crippen LogP contribution in [0.4, 0.5) is 0 Å². The van der Waals surface area contributed by atoms with Crippen molar-refractivity contribution >= 4 is 17.9 Å². The van der Waals surface area contributed by atoms with Gasteiger partial charge in [-0.05, 0) is 103 Å². The summed E-state index contributed by atoms with van der Waals surface area (Å²) < 4.78 is 17.0. The van der Waals surface area contributed by atoms with Crippen LogP contribution in [0.3, 0.4) is 0 Å². The van der Waals surface area contributed by atoms with Gasteiger partial charge in [-0.3, -0.25) is 14.4 Å². The van der Waals surface area contributed by atoms with Crippen LogP contribution in [0, 0.1) is 0 Å². The van der Waals surface area contributed by atoms with E-state index in [1.54, 1.807) is 0 Å². The van der Waals surface area contributed by atoms with E-state index in [2.05, 4.69) is 118 Å². The maximum Gasteiger partial charge on any atom is 0.306 e. The fraction of sp³-hybridized carbons (Fsp3) is 0.747. The highest BCUT2D eigenvalue weighted by molar-refractivity contribution is 5.71. The average Bonchev–Trinajstić information content (AvgIpc) is 3.47. The first kappa shape index (κ1) is 77.3. The third-order valence-corrected chi connectivity index (χ3v) is 15.1. The van der Waals surface area contributed by atoms with Crippen molar-refractivity contribution in [2.45, 2.75) is 348 Å². The van der Waals surface area contributed by atoms with Crippen molar-refractivity contribution < 1.29 is 28.6 Å². The van der Waals surface area contributed by atoms with E-state index in [9.17, 15) is 14.4 Å². The standard InChI is InChI=1S/C75H130O6/c1-4-7-10-13-16-19-22-24-26-28-30-32-34-36-37-39-40-42-44-46-48-50-53-56-59-62-65-68-74(77)80-71-72(70-79-73(76)67-64-61-58-55-52-21-18-15-12-9-6-3)81-75(78)69-66-63-60-57-54-51-49-47-45-43-41-38-35-33-31-29-27-25-23-20-17-14-11-8-5-2/h8,11,17,20,22,24-25,27-28,30-31,33-34,36,38,41,72H,4-7,9-10,12-16,18-19,21,23,26,29,32,35,37,39-40,42-71H2,1-3H3/b11-8-,20-17-,24-22-,27-25-,30-28-,33-31-,36-34-,41-38-. The van der Waals surface area contributed by atoms with E-state index >= 15 is 0 Å². The smallest absolute Gasteiger partial charge is 0.306 e. The number of hydrogen-bond acceptors (Lipinski definition) is 6. The van der Waals surface area contributed by atoms with Crippen LogP contribution in [0.2, 0.25) is 0 Å². The van der Waals surface area contributed by atoms with Crippen molar-refractivity contribution in [3.05, 3.63) is 97.2 Å². The number of carbonyl (C=O) groups excluding carboxylic acids is 3. The molecule has 0 saturated heterocycles. The van der Waals surface area contributed by atoms with Gasteiger partial charge >= 0.3 is 17.9 Å². The Bertz CT molecular complexity index is 1580. The van der Waals surface area contributed by atoms with Gasteiger partial charge in [-0.1, -0.05) is 317 Å². The van der Waals surface area contributed by atoms with Crippen LogP contribution in [0.15, 0.2) is 97.2 Å². The third kappa shape index (κ3) is 67.0. The van der Waals surface area contributed by atoms with Crippen molar-refractivity contribution in [2.24, 2.45) is 0 Å². The predicted octanol–water partition coefficient (Wildman–Crippen LogP) is 24.0. The molecule has 0 bridgehead atoms. The van der Waals surface area contributed by atoms with Crippen molar-refractivity contribution in [3.63, 3.8) is 0 Å². The van der Waals surface area contributed by atoms with E-state index in [1.807, 2.05) is 0 Å². The molecule has 0 aliphatic rings. The Morgan fingerprint density at radius 1 is 0.259 bits per heavy atom. The van der Waals surface area contributed by atoms with Gasteiger partial charge in [0.2, 0.25) is 0 Å². The van der Waals surface area contributed by atoms with Crippen molar-refractivity contribution in [3.8, 4) is 0 Å². The Morgan fingerprint density at radius 2 is 0.481 bits per heavy atom. The first-order chi connectivity index (χ1) is 40.0. The van der Waals surface area contributed by atoms with Crippen molar-refractivity contribution in [2.75, 3.05) is 13.2 Å². The maximum atomic E-state index is 12.9. The largest absolute Gasteiger partial charge is 0.462 e. The highest BCUT2D eigenvalue weighted by Gasteiger charge is 2.19. The molecule has 0 heterocycles. The molecule has 81 heavy (non-hydrogen) atoms.